The van der Waals surface area contributed by atoms with Crippen LogP contribution in [-0.2, 0) is 9.53 Å². The van der Waals surface area contributed by atoms with Crippen molar-refractivity contribution in [2.75, 3.05) is 23.9 Å². The van der Waals surface area contributed by atoms with Crippen molar-refractivity contribution >= 4 is 44.8 Å². The van der Waals surface area contributed by atoms with E-state index in [0.29, 0.717) is 16.5 Å². The molecular weight excluding hydrogens is 386 g/mol. The standard InChI is InChI=1S/C17H17N5O3S2/c1-25-15(24)11-7-10(8-19-11)12-9-27-16(20-12)21-14(23)13-3-2-5-22(13)17-18-4-6-26-17/h4,6-9,13,19H,2-3,5H2,1H3,(H,20,21,23). The van der Waals surface area contributed by atoms with Crippen molar-refractivity contribution in [1.82, 2.24) is 15.0 Å². The maximum Gasteiger partial charge on any atom is 0.354 e. The van der Waals surface area contributed by atoms with Crippen LogP contribution in [0.15, 0.2) is 29.2 Å². The number of rotatable bonds is 5. The van der Waals surface area contributed by atoms with Crippen molar-refractivity contribution in [1.29, 1.82) is 0 Å². The second-order valence-corrected chi connectivity index (χ2v) is 7.72. The van der Waals surface area contributed by atoms with Crippen LogP contribution in [0.4, 0.5) is 10.3 Å². The second kappa shape index (κ2) is 7.49. The summed E-state index contributed by atoms with van der Waals surface area (Å²) >= 11 is 2.88. The second-order valence-electron chi connectivity index (χ2n) is 5.99. The largest absolute Gasteiger partial charge is 0.464 e. The maximum absolute atomic E-state index is 12.7. The number of carbonyl (C=O) groups excluding carboxylic acids is 2. The van der Waals surface area contributed by atoms with Gasteiger partial charge in [-0.3, -0.25) is 4.79 Å². The molecule has 0 saturated carbocycles. The number of nitrogens with zero attached hydrogens (tertiary/aromatic N) is 3. The average Bonchev–Trinajstić information content (AvgIpc) is 3.47. The molecule has 10 heteroatoms. The highest BCUT2D eigenvalue weighted by Crippen LogP contribution is 2.29. The van der Waals surface area contributed by atoms with E-state index < -0.39 is 5.97 Å². The molecule has 27 heavy (non-hydrogen) atoms. The highest BCUT2D eigenvalue weighted by atomic mass is 32.1. The number of H-pyrrole nitrogens is 1. The zero-order valence-electron chi connectivity index (χ0n) is 14.5. The lowest BCUT2D eigenvalue weighted by Gasteiger charge is -2.22. The number of amides is 1. The normalized spacial score (nSPS) is 16.5. The lowest BCUT2D eigenvalue weighted by atomic mass is 10.2. The van der Waals surface area contributed by atoms with Gasteiger partial charge in [0.05, 0.1) is 12.8 Å². The van der Waals surface area contributed by atoms with Gasteiger partial charge in [-0.1, -0.05) is 0 Å². The monoisotopic (exact) mass is 403 g/mol. The Morgan fingerprint density at radius 2 is 2.30 bits per heavy atom. The van der Waals surface area contributed by atoms with Crippen LogP contribution in [0.3, 0.4) is 0 Å². The molecule has 1 aliphatic rings. The summed E-state index contributed by atoms with van der Waals surface area (Å²) in [6.07, 6.45) is 5.19. The number of nitrogens with one attached hydrogen (secondary N) is 2. The first-order valence-corrected chi connectivity index (χ1v) is 10.1. The zero-order chi connectivity index (χ0) is 18.8. The van der Waals surface area contributed by atoms with Crippen molar-refractivity contribution < 1.29 is 14.3 Å². The molecule has 1 aliphatic heterocycles. The number of hydrogen-bond donors (Lipinski definition) is 2. The van der Waals surface area contributed by atoms with Crippen molar-refractivity contribution in [3.05, 3.63) is 34.9 Å². The third-order valence-corrected chi connectivity index (χ3v) is 5.91. The van der Waals surface area contributed by atoms with Gasteiger partial charge in [-0.2, -0.15) is 0 Å². The number of methoxy groups -OCH3 is 1. The van der Waals surface area contributed by atoms with E-state index in [4.69, 9.17) is 0 Å². The van der Waals surface area contributed by atoms with E-state index in [1.54, 1.807) is 18.5 Å². The molecule has 140 valence electrons. The Labute approximate surface area is 163 Å². The molecule has 1 atom stereocenters. The first kappa shape index (κ1) is 17.7. The van der Waals surface area contributed by atoms with Crippen molar-refractivity contribution in [3.63, 3.8) is 0 Å². The number of aromatic nitrogens is 3. The van der Waals surface area contributed by atoms with Crippen LogP contribution in [0.5, 0.6) is 0 Å². The summed E-state index contributed by atoms with van der Waals surface area (Å²) in [5, 5.41) is 8.06. The van der Waals surface area contributed by atoms with Gasteiger partial charge in [0, 0.05) is 35.3 Å². The number of aromatic amines is 1. The van der Waals surface area contributed by atoms with Gasteiger partial charge in [-0.25, -0.2) is 14.8 Å². The molecule has 0 aliphatic carbocycles. The minimum atomic E-state index is -0.437. The Bertz CT molecular complexity index is 950. The summed E-state index contributed by atoms with van der Waals surface area (Å²) < 4.78 is 4.69. The number of ether oxygens (including phenoxy) is 1. The molecule has 8 nitrogen and oxygen atoms in total. The quantitative estimate of drug-likeness (QED) is 0.635. The van der Waals surface area contributed by atoms with Gasteiger partial charge >= 0.3 is 5.97 Å². The van der Waals surface area contributed by atoms with Crippen LogP contribution in [0.25, 0.3) is 11.3 Å². The first-order chi connectivity index (χ1) is 13.2. The molecule has 0 radical (unpaired) electrons. The van der Waals surface area contributed by atoms with Crippen molar-refractivity contribution in [3.8, 4) is 11.3 Å². The molecule has 1 saturated heterocycles. The lowest BCUT2D eigenvalue weighted by Crippen LogP contribution is -2.39. The van der Waals surface area contributed by atoms with E-state index in [9.17, 15) is 9.59 Å². The van der Waals surface area contributed by atoms with E-state index in [-0.39, 0.29) is 11.9 Å². The summed E-state index contributed by atoms with van der Waals surface area (Å²) in [4.78, 5) is 38.0. The third kappa shape index (κ3) is 3.58. The molecule has 2 N–H and O–H groups in total. The Balaban J connectivity index is 1.45. The number of carbonyl (C=O) groups is 2. The predicted octanol–water partition coefficient (Wildman–Crippen LogP) is 2.99. The third-order valence-electron chi connectivity index (χ3n) is 4.34. The first-order valence-electron chi connectivity index (χ1n) is 8.35. The summed E-state index contributed by atoms with van der Waals surface area (Å²) in [6.45, 7) is 0.828. The van der Waals surface area contributed by atoms with Gasteiger partial charge in [-0.15, -0.1) is 22.7 Å². The fraction of sp³-hybridized carbons (Fsp3) is 0.294. The summed E-state index contributed by atoms with van der Waals surface area (Å²) in [7, 11) is 1.33. The van der Waals surface area contributed by atoms with E-state index in [0.717, 1.165) is 30.1 Å². The van der Waals surface area contributed by atoms with Gasteiger partial charge in [0.2, 0.25) is 5.91 Å². The number of thiazole rings is 2. The van der Waals surface area contributed by atoms with Gasteiger partial charge in [0.1, 0.15) is 11.7 Å². The Kier molecular flexibility index (Phi) is 4.90. The number of hydrogen-bond acceptors (Lipinski definition) is 8. The fourth-order valence-electron chi connectivity index (χ4n) is 3.05. The minimum Gasteiger partial charge on any atom is -0.464 e. The molecule has 3 aromatic rings. The molecular formula is C17H17N5O3S2. The molecule has 0 bridgehead atoms. The summed E-state index contributed by atoms with van der Waals surface area (Å²) in [5.74, 6) is -0.513. The number of esters is 1. The van der Waals surface area contributed by atoms with Crippen molar-refractivity contribution in [2.24, 2.45) is 0 Å². The van der Waals surface area contributed by atoms with Crippen LogP contribution >= 0.6 is 22.7 Å². The molecule has 4 rings (SSSR count). The highest BCUT2D eigenvalue weighted by molar-refractivity contribution is 7.14. The SMILES string of the molecule is COC(=O)c1cc(-c2csc(NC(=O)C3CCCN3c3nccs3)n2)c[nH]1. The maximum atomic E-state index is 12.7. The van der Waals surface area contributed by atoms with Gasteiger partial charge in [0.25, 0.3) is 0 Å². The minimum absolute atomic E-state index is 0.0760. The van der Waals surface area contributed by atoms with E-state index in [2.05, 4.69) is 25.0 Å². The van der Waals surface area contributed by atoms with Crippen LogP contribution in [-0.4, -0.2) is 46.5 Å². The van der Waals surface area contributed by atoms with E-state index >= 15 is 0 Å². The Hall–Kier alpha value is -2.72. The van der Waals surface area contributed by atoms with Gasteiger partial charge < -0.3 is 19.9 Å². The number of anilines is 2. The highest BCUT2D eigenvalue weighted by Gasteiger charge is 2.32. The van der Waals surface area contributed by atoms with Crippen LogP contribution in [0, 0.1) is 0 Å². The smallest absolute Gasteiger partial charge is 0.354 e. The molecule has 1 amide bonds. The van der Waals surface area contributed by atoms with Gasteiger partial charge in [0.15, 0.2) is 10.3 Å². The molecule has 3 aromatic heterocycles. The van der Waals surface area contributed by atoms with Crippen molar-refractivity contribution in [2.45, 2.75) is 18.9 Å². The van der Waals surface area contributed by atoms with E-state index in [1.807, 2.05) is 15.7 Å². The topological polar surface area (TPSA) is 100 Å². The summed E-state index contributed by atoms with van der Waals surface area (Å²) in [5.41, 5.74) is 1.80. The fourth-order valence-corrected chi connectivity index (χ4v) is 4.49. The predicted molar refractivity (Wildman–Crippen MR) is 104 cm³/mol. The Morgan fingerprint density at radius 1 is 1.41 bits per heavy atom. The van der Waals surface area contributed by atoms with Crippen LogP contribution < -0.4 is 10.2 Å². The van der Waals surface area contributed by atoms with Gasteiger partial charge in [-0.05, 0) is 18.9 Å². The molecule has 1 fully saturated rings. The molecule has 4 heterocycles. The van der Waals surface area contributed by atoms with Crippen LogP contribution in [0.2, 0.25) is 0 Å². The molecule has 1 unspecified atom stereocenters. The Morgan fingerprint density at radius 3 is 3.07 bits per heavy atom. The average molecular weight is 403 g/mol. The zero-order valence-corrected chi connectivity index (χ0v) is 16.1. The van der Waals surface area contributed by atoms with E-state index in [1.165, 1.54) is 29.8 Å². The molecule has 0 aromatic carbocycles. The summed E-state index contributed by atoms with van der Waals surface area (Å²) in [6, 6.07) is 1.44. The molecule has 0 spiro atoms. The lowest BCUT2D eigenvalue weighted by molar-refractivity contribution is -0.117. The van der Waals surface area contributed by atoms with Crippen LogP contribution in [0.1, 0.15) is 23.3 Å².